The van der Waals surface area contributed by atoms with Crippen LogP contribution in [0.25, 0.3) is 0 Å². The summed E-state index contributed by atoms with van der Waals surface area (Å²) in [5.41, 5.74) is 0. The quantitative estimate of drug-likeness (QED) is 0.310. The Morgan fingerprint density at radius 2 is 1.21 bits per heavy atom. The highest BCUT2D eigenvalue weighted by Gasteiger charge is 2.24. The van der Waals surface area contributed by atoms with Crippen molar-refractivity contribution >= 4 is 5.97 Å². The molecule has 0 aliphatic rings. The smallest absolute Gasteiger partial charge is 0.323 e. The second-order valence-corrected chi connectivity index (χ2v) is 6.97. The summed E-state index contributed by atoms with van der Waals surface area (Å²) in [5, 5.41) is 21.8. The number of carbonyl (C=O) groups is 1. The number of aliphatic carboxylic acids is 1. The summed E-state index contributed by atoms with van der Waals surface area (Å²) in [6, 6.07) is -0.827. The molecule has 0 bridgehead atoms. The molecular formula is C20H41NO3. The standard InChI is InChI=1S/C20H41NO3/c1-3-5-6-7-8-9-10-11-12-13-14-15-16-17-18(22)19(20(23)24)21-4-2/h18-19,21-22H,3-17H2,1-2H3,(H,23,24)/t18-,19-/m1/s1. The Morgan fingerprint density at radius 1 is 0.792 bits per heavy atom. The van der Waals surface area contributed by atoms with Crippen LogP contribution in [0.15, 0.2) is 0 Å². The summed E-state index contributed by atoms with van der Waals surface area (Å²) in [5.74, 6) is -0.959. The van der Waals surface area contributed by atoms with Crippen molar-refractivity contribution in [3.8, 4) is 0 Å². The summed E-state index contributed by atoms with van der Waals surface area (Å²) >= 11 is 0. The molecule has 0 aliphatic carbocycles. The SMILES string of the molecule is CCCCCCCCCCCCCCC[C@@H](O)[C@@H](NCC)C(=O)O. The highest BCUT2D eigenvalue weighted by atomic mass is 16.4. The zero-order valence-electron chi connectivity index (χ0n) is 16.1. The van der Waals surface area contributed by atoms with Gasteiger partial charge in [-0.3, -0.25) is 4.79 Å². The monoisotopic (exact) mass is 343 g/mol. The van der Waals surface area contributed by atoms with E-state index in [9.17, 15) is 9.90 Å². The van der Waals surface area contributed by atoms with Crippen LogP contribution in [0, 0.1) is 0 Å². The lowest BCUT2D eigenvalue weighted by molar-refractivity contribution is -0.142. The number of carboxylic acid groups (broad SMARTS) is 1. The van der Waals surface area contributed by atoms with Crippen LogP contribution >= 0.6 is 0 Å². The highest BCUT2D eigenvalue weighted by molar-refractivity contribution is 5.74. The molecule has 2 atom stereocenters. The van der Waals surface area contributed by atoms with Gasteiger partial charge in [-0.25, -0.2) is 0 Å². The van der Waals surface area contributed by atoms with Gasteiger partial charge in [-0.1, -0.05) is 97.3 Å². The van der Waals surface area contributed by atoms with E-state index in [0.29, 0.717) is 13.0 Å². The van der Waals surface area contributed by atoms with Gasteiger partial charge in [0, 0.05) is 0 Å². The van der Waals surface area contributed by atoms with Crippen molar-refractivity contribution in [3.05, 3.63) is 0 Å². The van der Waals surface area contributed by atoms with Gasteiger partial charge in [0.25, 0.3) is 0 Å². The van der Waals surface area contributed by atoms with Gasteiger partial charge >= 0.3 is 5.97 Å². The van der Waals surface area contributed by atoms with Crippen molar-refractivity contribution in [2.75, 3.05) is 6.54 Å². The highest BCUT2D eigenvalue weighted by Crippen LogP contribution is 2.14. The summed E-state index contributed by atoms with van der Waals surface area (Å²) in [6.45, 7) is 4.67. The first-order valence-corrected chi connectivity index (χ1v) is 10.3. The summed E-state index contributed by atoms with van der Waals surface area (Å²) in [7, 11) is 0. The third-order valence-electron chi connectivity index (χ3n) is 4.68. The van der Waals surface area contributed by atoms with Crippen molar-refractivity contribution in [2.24, 2.45) is 0 Å². The molecule has 144 valence electrons. The van der Waals surface area contributed by atoms with Crippen LogP contribution in [-0.2, 0) is 4.79 Å². The Morgan fingerprint density at radius 3 is 1.58 bits per heavy atom. The second kappa shape index (κ2) is 17.2. The minimum absolute atomic E-state index is 0.562. The fourth-order valence-corrected chi connectivity index (χ4v) is 3.15. The molecule has 0 aliphatic heterocycles. The molecule has 0 radical (unpaired) electrons. The normalized spacial score (nSPS) is 13.8. The lowest BCUT2D eigenvalue weighted by Crippen LogP contribution is -2.45. The van der Waals surface area contributed by atoms with Crippen molar-refractivity contribution < 1.29 is 15.0 Å². The average molecular weight is 344 g/mol. The maximum Gasteiger partial charge on any atom is 0.323 e. The van der Waals surface area contributed by atoms with Crippen LogP contribution in [0.5, 0.6) is 0 Å². The molecule has 0 amide bonds. The third kappa shape index (κ3) is 13.8. The van der Waals surface area contributed by atoms with Crippen LogP contribution in [0.4, 0.5) is 0 Å². The molecule has 0 saturated carbocycles. The molecule has 4 nitrogen and oxygen atoms in total. The first-order valence-electron chi connectivity index (χ1n) is 10.3. The van der Waals surface area contributed by atoms with E-state index >= 15 is 0 Å². The van der Waals surface area contributed by atoms with Gasteiger partial charge in [0.15, 0.2) is 0 Å². The van der Waals surface area contributed by atoms with E-state index in [1.807, 2.05) is 6.92 Å². The zero-order valence-corrected chi connectivity index (χ0v) is 16.1. The summed E-state index contributed by atoms with van der Waals surface area (Å²) in [4.78, 5) is 11.0. The van der Waals surface area contributed by atoms with Crippen LogP contribution in [-0.4, -0.2) is 34.9 Å². The molecule has 0 aromatic carbocycles. The van der Waals surface area contributed by atoms with Gasteiger partial charge < -0.3 is 15.5 Å². The van der Waals surface area contributed by atoms with Crippen molar-refractivity contribution in [1.29, 1.82) is 0 Å². The molecule has 0 aromatic heterocycles. The molecule has 0 fully saturated rings. The van der Waals surface area contributed by atoms with Crippen LogP contribution in [0.3, 0.4) is 0 Å². The minimum atomic E-state index is -0.959. The Hall–Kier alpha value is -0.610. The number of nitrogens with one attached hydrogen (secondary N) is 1. The van der Waals surface area contributed by atoms with E-state index in [1.165, 1.54) is 70.6 Å². The average Bonchev–Trinajstić information content (AvgIpc) is 2.56. The number of hydrogen-bond acceptors (Lipinski definition) is 3. The molecule has 0 rings (SSSR count). The number of carboxylic acids is 1. The van der Waals surface area contributed by atoms with Crippen LogP contribution < -0.4 is 5.32 Å². The van der Waals surface area contributed by atoms with Crippen molar-refractivity contribution in [2.45, 2.75) is 116 Å². The van der Waals surface area contributed by atoms with Crippen LogP contribution in [0.1, 0.15) is 104 Å². The predicted molar refractivity (Wildman–Crippen MR) is 101 cm³/mol. The first kappa shape index (κ1) is 23.4. The van der Waals surface area contributed by atoms with Gasteiger partial charge in [0.2, 0.25) is 0 Å². The van der Waals surface area contributed by atoms with E-state index < -0.39 is 18.1 Å². The summed E-state index contributed by atoms with van der Waals surface area (Å²) < 4.78 is 0. The number of aliphatic hydroxyl groups is 1. The van der Waals surface area contributed by atoms with Crippen molar-refractivity contribution in [3.63, 3.8) is 0 Å². The molecule has 0 aromatic rings. The van der Waals surface area contributed by atoms with Crippen molar-refractivity contribution in [1.82, 2.24) is 5.32 Å². The number of rotatable bonds is 18. The van der Waals surface area contributed by atoms with E-state index in [4.69, 9.17) is 5.11 Å². The predicted octanol–water partition coefficient (Wildman–Crippen LogP) is 4.89. The summed E-state index contributed by atoms with van der Waals surface area (Å²) in [6.07, 6.45) is 16.6. The molecule has 0 unspecified atom stereocenters. The molecule has 24 heavy (non-hydrogen) atoms. The fraction of sp³-hybridized carbons (Fsp3) is 0.950. The van der Waals surface area contributed by atoms with E-state index in [0.717, 1.165) is 12.8 Å². The van der Waals surface area contributed by atoms with E-state index in [-0.39, 0.29) is 0 Å². The lowest BCUT2D eigenvalue weighted by atomic mass is 10.0. The Labute approximate surface area is 149 Å². The molecule has 0 spiro atoms. The molecule has 0 saturated heterocycles. The Bertz CT molecular complexity index is 284. The van der Waals surface area contributed by atoms with Gasteiger partial charge in [0.05, 0.1) is 6.10 Å². The lowest BCUT2D eigenvalue weighted by Gasteiger charge is -2.19. The Kier molecular flexibility index (Phi) is 16.8. The molecular weight excluding hydrogens is 302 g/mol. The number of unbranched alkanes of at least 4 members (excludes halogenated alkanes) is 12. The second-order valence-electron chi connectivity index (χ2n) is 6.97. The van der Waals surface area contributed by atoms with Gasteiger partial charge in [0.1, 0.15) is 6.04 Å². The van der Waals surface area contributed by atoms with E-state index in [1.54, 1.807) is 0 Å². The van der Waals surface area contributed by atoms with Crippen LogP contribution in [0.2, 0.25) is 0 Å². The molecule has 4 heteroatoms. The number of hydrogen-bond donors (Lipinski definition) is 3. The topological polar surface area (TPSA) is 69.6 Å². The Balaban J connectivity index is 3.37. The number of aliphatic hydroxyl groups excluding tert-OH is 1. The van der Waals surface area contributed by atoms with Gasteiger partial charge in [-0.15, -0.1) is 0 Å². The first-order chi connectivity index (χ1) is 11.6. The molecule has 0 heterocycles. The third-order valence-corrected chi connectivity index (χ3v) is 4.68. The van der Waals surface area contributed by atoms with Gasteiger partial charge in [-0.05, 0) is 13.0 Å². The minimum Gasteiger partial charge on any atom is -0.480 e. The van der Waals surface area contributed by atoms with Gasteiger partial charge in [-0.2, -0.15) is 0 Å². The molecule has 3 N–H and O–H groups in total. The maximum atomic E-state index is 11.0. The van der Waals surface area contributed by atoms with E-state index in [2.05, 4.69) is 12.2 Å². The fourth-order valence-electron chi connectivity index (χ4n) is 3.15. The largest absolute Gasteiger partial charge is 0.480 e. The zero-order chi connectivity index (χ0) is 18.0. The maximum absolute atomic E-state index is 11.0. The number of likely N-dealkylation sites (N-methyl/N-ethyl adjacent to an activating group) is 1.